The minimum atomic E-state index is -0.490. The number of amides is 1. The van der Waals surface area contributed by atoms with E-state index in [0.717, 1.165) is 16.9 Å². The first-order chi connectivity index (χ1) is 11.2. The third kappa shape index (κ3) is 3.58. The number of benzene rings is 3. The summed E-state index contributed by atoms with van der Waals surface area (Å²) in [6.07, 6.45) is 0. The number of rotatable bonds is 5. The smallest absolute Gasteiger partial charge is 0.229 e. The number of primary amides is 1. The summed E-state index contributed by atoms with van der Waals surface area (Å²) >= 11 is 0. The van der Waals surface area contributed by atoms with Crippen LogP contribution in [0.1, 0.15) is 17.0 Å². The van der Waals surface area contributed by atoms with Crippen molar-refractivity contribution in [1.82, 2.24) is 0 Å². The van der Waals surface area contributed by atoms with Crippen molar-refractivity contribution in [3.05, 3.63) is 96.1 Å². The van der Waals surface area contributed by atoms with Crippen molar-refractivity contribution in [1.29, 1.82) is 0 Å². The van der Waals surface area contributed by atoms with E-state index < -0.39 is 5.92 Å². The summed E-state index contributed by atoms with van der Waals surface area (Å²) in [6.45, 7) is 0. The number of ether oxygens (including phenoxy) is 1. The molecule has 1 unspecified atom stereocenters. The molecule has 0 saturated heterocycles. The second kappa shape index (κ2) is 6.79. The number of hydrogen-bond donors (Lipinski definition) is 1. The van der Waals surface area contributed by atoms with Gasteiger partial charge in [-0.2, -0.15) is 0 Å². The molecule has 2 N–H and O–H groups in total. The molecule has 3 rings (SSSR count). The molecule has 3 aromatic carbocycles. The Labute approximate surface area is 135 Å². The van der Waals surface area contributed by atoms with E-state index in [1.54, 1.807) is 0 Å². The van der Waals surface area contributed by atoms with Crippen molar-refractivity contribution >= 4 is 5.91 Å². The minimum Gasteiger partial charge on any atom is -0.457 e. The van der Waals surface area contributed by atoms with E-state index in [9.17, 15) is 4.79 Å². The summed E-state index contributed by atoms with van der Waals surface area (Å²) < 4.78 is 5.83. The first-order valence-electron chi connectivity index (χ1n) is 7.41. The SMILES string of the molecule is NC(=O)C(c1ccccc1)c1cccc(Oc2ccccc2)c1. The highest BCUT2D eigenvalue weighted by Crippen LogP contribution is 2.29. The van der Waals surface area contributed by atoms with E-state index in [0.29, 0.717) is 5.75 Å². The Bertz CT molecular complexity index is 785. The molecule has 0 aliphatic heterocycles. The normalized spacial score (nSPS) is 11.7. The number of para-hydroxylation sites is 1. The lowest BCUT2D eigenvalue weighted by Crippen LogP contribution is -2.22. The van der Waals surface area contributed by atoms with Crippen molar-refractivity contribution in [2.24, 2.45) is 5.73 Å². The van der Waals surface area contributed by atoms with E-state index in [4.69, 9.17) is 10.5 Å². The highest BCUT2D eigenvalue weighted by molar-refractivity contribution is 5.85. The molecule has 0 aliphatic carbocycles. The highest BCUT2D eigenvalue weighted by Gasteiger charge is 2.20. The van der Waals surface area contributed by atoms with Gasteiger partial charge in [0, 0.05) is 0 Å². The number of carbonyl (C=O) groups is 1. The molecule has 0 radical (unpaired) electrons. The summed E-state index contributed by atoms with van der Waals surface area (Å²) in [6, 6.07) is 26.5. The average molecular weight is 303 g/mol. The highest BCUT2D eigenvalue weighted by atomic mass is 16.5. The zero-order valence-corrected chi connectivity index (χ0v) is 12.6. The standard InChI is InChI=1S/C20H17NO2/c21-20(22)19(15-8-3-1-4-9-15)16-10-7-13-18(14-16)23-17-11-5-2-6-12-17/h1-14,19H,(H2,21,22). The van der Waals surface area contributed by atoms with Gasteiger partial charge in [-0.1, -0.05) is 60.7 Å². The summed E-state index contributed by atoms with van der Waals surface area (Å²) in [4.78, 5) is 12.0. The minimum absolute atomic E-state index is 0.381. The van der Waals surface area contributed by atoms with Gasteiger partial charge in [0.25, 0.3) is 0 Å². The maximum absolute atomic E-state index is 12.0. The van der Waals surface area contributed by atoms with Gasteiger partial charge >= 0.3 is 0 Å². The lowest BCUT2D eigenvalue weighted by atomic mass is 9.91. The predicted molar refractivity (Wildman–Crippen MR) is 90.4 cm³/mol. The van der Waals surface area contributed by atoms with Crippen LogP contribution in [-0.2, 0) is 4.79 Å². The van der Waals surface area contributed by atoms with Crippen molar-refractivity contribution in [3.8, 4) is 11.5 Å². The van der Waals surface area contributed by atoms with E-state index in [1.165, 1.54) is 0 Å². The molecule has 0 heterocycles. The van der Waals surface area contributed by atoms with Gasteiger partial charge in [-0.3, -0.25) is 4.79 Å². The second-order valence-corrected chi connectivity index (χ2v) is 5.23. The van der Waals surface area contributed by atoms with E-state index >= 15 is 0 Å². The number of hydrogen-bond acceptors (Lipinski definition) is 2. The van der Waals surface area contributed by atoms with Gasteiger partial charge in [0.2, 0.25) is 5.91 Å². The Balaban J connectivity index is 1.92. The van der Waals surface area contributed by atoms with Crippen molar-refractivity contribution in [2.45, 2.75) is 5.92 Å². The van der Waals surface area contributed by atoms with Crippen molar-refractivity contribution < 1.29 is 9.53 Å². The van der Waals surface area contributed by atoms with Crippen LogP contribution >= 0.6 is 0 Å². The summed E-state index contributed by atoms with van der Waals surface area (Å²) in [5.41, 5.74) is 7.31. The molecular weight excluding hydrogens is 286 g/mol. The molecule has 1 amide bonds. The van der Waals surface area contributed by atoms with Crippen LogP contribution in [0.2, 0.25) is 0 Å². The van der Waals surface area contributed by atoms with Gasteiger partial charge in [0.15, 0.2) is 0 Å². The molecule has 3 nitrogen and oxygen atoms in total. The monoisotopic (exact) mass is 303 g/mol. The fraction of sp³-hybridized carbons (Fsp3) is 0.0500. The molecule has 3 heteroatoms. The average Bonchev–Trinajstić information content (AvgIpc) is 2.57. The fourth-order valence-electron chi connectivity index (χ4n) is 2.55. The maximum Gasteiger partial charge on any atom is 0.229 e. The molecule has 0 bridgehead atoms. The van der Waals surface area contributed by atoms with Crippen LogP contribution in [0.15, 0.2) is 84.9 Å². The van der Waals surface area contributed by atoms with Gasteiger partial charge in [0.1, 0.15) is 11.5 Å². The topological polar surface area (TPSA) is 52.3 Å². The molecule has 0 aliphatic rings. The fourth-order valence-corrected chi connectivity index (χ4v) is 2.55. The van der Waals surface area contributed by atoms with Crippen LogP contribution in [0.4, 0.5) is 0 Å². The Kier molecular flexibility index (Phi) is 4.39. The van der Waals surface area contributed by atoms with Gasteiger partial charge in [-0.05, 0) is 35.4 Å². The van der Waals surface area contributed by atoms with E-state index in [-0.39, 0.29) is 5.91 Å². The van der Waals surface area contributed by atoms with Crippen LogP contribution in [0.25, 0.3) is 0 Å². The maximum atomic E-state index is 12.0. The van der Waals surface area contributed by atoms with Gasteiger partial charge in [-0.15, -0.1) is 0 Å². The molecule has 0 aromatic heterocycles. The lowest BCUT2D eigenvalue weighted by molar-refractivity contribution is -0.118. The van der Waals surface area contributed by atoms with Crippen molar-refractivity contribution in [2.75, 3.05) is 0 Å². The Morgan fingerprint density at radius 1 is 0.739 bits per heavy atom. The predicted octanol–water partition coefficient (Wildman–Crippen LogP) is 4.10. The molecule has 3 aromatic rings. The van der Waals surface area contributed by atoms with Crippen molar-refractivity contribution in [3.63, 3.8) is 0 Å². The largest absolute Gasteiger partial charge is 0.457 e. The Hall–Kier alpha value is -3.07. The molecule has 0 fully saturated rings. The summed E-state index contributed by atoms with van der Waals surface area (Å²) in [7, 11) is 0. The number of carbonyl (C=O) groups excluding carboxylic acids is 1. The van der Waals surface area contributed by atoms with Crippen LogP contribution in [-0.4, -0.2) is 5.91 Å². The summed E-state index contributed by atoms with van der Waals surface area (Å²) in [5, 5.41) is 0. The number of nitrogens with two attached hydrogens (primary N) is 1. The van der Waals surface area contributed by atoms with Crippen LogP contribution in [0.3, 0.4) is 0 Å². The molecule has 0 spiro atoms. The third-order valence-electron chi connectivity index (χ3n) is 3.59. The Morgan fingerprint density at radius 3 is 1.96 bits per heavy atom. The van der Waals surface area contributed by atoms with Crippen LogP contribution < -0.4 is 10.5 Å². The molecule has 1 atom stereocenters. The van der Waals surface area contributed by atoms with Crippen LogP contribution in [0.5, 0.6) is 11.5 Å². The van der Waals surface area contributed by atoms with E-state index in [1.807, 2.05) is 84.9 Å². The summed E-state index contributed by atoms with van der Waals surface area (Å²) in [5.74, 6) is 0.555. The molecule has 114 valence electrons. The molecule has 0 saturated carbocycles. The quantitative estimate of drug-likeness (QED) is 0.771. The van der Waals surface area contributed by atoms with Gasteiger partial charge in [0.05, 0.1) is 5.92 Å². The molecule has 23 heavy (non-hydrogen) atoms. The first-order valence-corrected chi connectivity index (χ1v) is 7.41. The zero-order chi connectivity index (χ0) is 16.1. The third-order valence-corrected chi connectivity index (χ3v) is 3.59. The first kappa shape index (κ1) is 14.9. The lowest BCUT2D eigenvalue weighted by Gasteiger charge is -2.15. The second-order valence-electron chi connectivity index (χ2n) is 5.23. The van der Waals surface area contributed by atoms with Crippen LogP contribution in [0, 0.1) is 0 Å². The molecular formula is C20H17NO2. The zero-order valence-electron chi connectivity index (χ0n) is 12.6. The van der Waals surface area contributed by atoms with Gasteiger partial charge in [-0.25, -0.2) is 0 Å². The van der Waals surface area contributed by atoms with Gasteiger partial charge < -0.3 is 10.5 Å². The Morgan fingerprint density at radius 2 is 1.30 bits per heavy atom. The van der Waals surface area contributed by atoms with E-state index in [2.05, 4.69) is 0 Å².